The van der Waals surface area contributed by atoms with Crippen LogP contribution >= 0.6 is 11.8 Å². The van der Waals surface area contributed by atoms with Crippen LogP contribution in [0.3, 0.4) is 0 Å². The third kappa shape index (κ3) is 4.26. The highest BCUT2D eigenvalue weighted by molar-refractivity contribution is 7.99. The normalized spacial score (nSPS) is 11.3. The molecule has 26 heavy (non-hydrogen) atoms. The first-order valence-corrected chi connectivity index (χ1v) is 8.88. The van der Waals surface area contributed by atoms with Crippen LogP contribution in [0.2, 0.25) is 0 Å². The van der Waals surface area contributed by atoms with Gasteiger partial charge in [-0.1, -0.05) is 46.8 Å². The summed E-state index contributed by atoms with van der Waals surface area (Å²) in [6, 6.07) is 15.3. The SMILES string of the molecule is CC[n+]1cc(/N=C(\[O-])CSc2nc(-c3ccccc3)ccc2C#N)on1. The summed E-state index contributed by atoms with van der Waals surface area (Å²) in [7, 11) is 0. The molecule has 0 spiro atoms. The van der Waals surface area contributed by atoms with Crippen molar-refractivity contribution in [2.75, 3.05) is 5.75 Å². The zero-order valence-electron chi connectivity index (χ0n) is 14.0. The molecule has 2 heterocycles. The Balaban J connectivity index is 1.77. The first-order valence-electron chi connectivity index (χ1n) is 7.90. The Morgan fingerprint density at radius 1 is 1.31 bits per heavy atom. The molecule has 0 atom stereocenters. The van der Waals surface area contributed by atoms with Crippen molar-refractivity contribution in [3.05, 3.63) is 54.2 Å². The van der Waals surface area contributed by atoms with Crippen LogP contribution < -0.4 is 9.79 Å². The van der Waals surface area contributed by atoms with Crippen molar-refractivity contribution >= 4 is 23.5 Å². The number of aliphatic imine (C=N–C) groups is 1. The Kier molecular flexibility index (Phi) is 5.61. The van der Waals surface area contributed by atoms with Crippen molar-refractivity contribution in [1.82, 2.24) is 10.3 Å². The summed E-state index contributed by atoms with van der Waals surface area (Å²) in [5.74, 6) is -0.179. The van der Waals surface area contributed by atoms with Gasteiger partial charge in [0.05, 0.1) is 11.3 Å². The second-order valence-corrected chi connectivity index (χ2v) is 6.18. The number of aromatic nitrogens is 3. The molecule has 3 rings (SSSR count). The van der Waals surface area contributed by atoms with E-state index in [1.165, 1.54) is 16.4 Å². The van der Waals surface area contributed by atoms with Crippen molar-refractivity contribution < 1.29 is 14.3 Å². The molecule has 130 valence electrons. The highest BCUT2D eigenvalue weighted by atomic mass is 32.2. The molecule has 0 aliphatic carbocycles. The maximum absolute atomic E-state index is 12.0. The quantitative estimate of drug-likeness (QED) is 0.287. The van der Waals surface area contributed by atoms with Gasteiger partial charge < -0.3 is 5.11 Å². The largest absolute Gasteiger partial charge is 0.861 e. The first-order chi connectivity index (χ1) is 12.7. The number of nitrogens with zero attached hydrogens (tertiary/aromatic N) is 5. The predicted octanol–water partition coefficient (Wildman–Crippen LogP) is 2.10. The van der Waals surface area contributed by atoms with E-state index in [0.717, 1.165) is 11.3 Å². The second kappa shape index (κ2) is 8.27. The minimum Gasteiger partial charge on any atom is -0.861 e. The number of aryl methyl sites for hydroxylation is 1. The molecule has 8 heteroatoms. The molecule has 0 aliphatic rings. The topological polar surface area (TPSA) is 102 Å². The third-order valence-corrected chi connectivity index (χ3v) is 4.42. The van der Waals surface area contributed by atoms with E-state index in [9.17, 15) is 10.4 Å². The van der Waals surface area contributed by atoms with E-state index in [0.29, 0.717) is 17.1 Å². The molecule has 0 saturated heterocycles. The van der Waals surface area contributed by atoms with Crippen molar-refractivity contribution in [1.29, 1.82) is 5.26 Å². The number of rotatable bonds is 6. The average molecular weight is 365 g/mol. The van der Waals surface area contributed by atoms with E-state index < -0.39 is 0 Å². The van der Waals surface area contributed by atoms with Crippen LogP contribution in [0.1, 0.15) is 12.5 Å². The summed E-state index contributed by atoms with van der Waals surface area (Å²) in [4.78, 5) is 8.38. The maximum Gasteiger partial charge on any atom is 0.320 e. The Bertz CT molecular complexity index is 963. The monoisotopic (exact) mass is 365 g/mol. The number of hydrogen-bond donors (Lipinski definition) is 0. The molecule has 0 aliphatic heterocycles. The molecule has 0 saturated carbocycles. The number of pyridine rings is 1. The summed E-state index contributed by atoms with van der Waals surface area (Å²) in [5.41, 5.74) is 2.11. The highest BCUT2D eigenvalue weighted by Crippen LogP contribution is 2.25. The van der Waals surface area contributed by atoms with Crippen molar-refractivity contribution in [2.24, 2.45) is 4.99 Å². The highest BCUT2D eigenvalue weighted by Gasteiger charge is 2.10. The maximum atomic E-state index is 12.0. The molecular weight excluding hydrogens is 350 g/mol. The summed E-state index contributed by atoms with van der Waals surface area (Å²) >= 11 is 1.17. The van der Waals surface area contributed by atoms with E-state index in [1.54, 1.807) is 18.3 Å². The molecule has 0 unspecified atom stereocenters. The second-order valence-electron chi connectivity index (χ2n) is 5.22. The lowest BCUT2D eigenvalue weighted by atomic mass is 10.1. The molecule has 0 amide bonds. The van der Waals surface area contributed by atoms with Gasteiger partial charge in [0.2, 0.25) is 5.27 Å². The minimum atomic E-state index is -0.384. The Labute approximate surface area is 154 Å². The number of benzene rings is 1. The van der Waals surface area contributed by atoms with Gasteiger partial charge in [0.15, 0.2) is 6.54 Å². The number of thioether (sulfide) groups is 1. The summed E-state index contributed by atoms with van der Waals surface area (Å²) < 4.78 is 6.49. The van der Waals surface area contributed by atoms with E-state index in [1.807, 2.05) is 37.3 Å². The van der Waals surface area contributed by atoms with Crippen molar-refractivity contribution in [3.8, 4) is 17.3 Å². The van der Waals surface area contributed by atoms with Gasteiger partial charge in [-0.05, 0) is 25.0 Å². The van der Waals surface area contributed by atoms with Gasteiger partial charge in [0.25, 0.3) is 6.20 Å². The summed E-state index contributed by atoms with van der Waals surface area (Å²) in [5, 5.41) is 25.5. The number of nitriles is 1. The van der Waals surface area contributed by atoms with Crippen LogP contribution in [0.15, 0.2) is 63.2 Å². The molecule has 1 aromatic carbocycles. The van der Waals surface area contributed by atoms with Crippen LogP contribution in [-0.4, -0.2) is 21.9 Å². The smallest absolute Gasteiger partial charge is 0.320 e. The minimum absolute atomic E-state index is 0.0484. The van der Waals surface area contributed by atoms with Gasteiger partial charge >= 0.3 is 5.88 Å². The van der Waals surface area contributed by atoms with E-state index in [4.69, 9.17) is 4.52 Å². The van der Waals surface area contributed by atoms with Crippen molar-refractivity contribution in [2.45, 2.75) is 18.5 Å². The van der Waals surface area contributed by atoms with Gasteiger partial charge in [-0.15, -0.1) is 0 Å². The summed E-state index contributed by atoms with van der Waals surface area (Å²) in [6.45, 7) is 2.53. The van der Waals surface area contributed by atoms with Gasteiger partial charge in [0, 0.05) is 11.3 Å². The van der Waals surface area contributed by atoms with Crippen LogP contribution in [0.4, 0.5) is 5.88 Å². The molecule has 0 fully saturated rings. The van der Waals surface area contributed by atoms with E-state index >= 15 is 0 Å². The third-order valence-electron chi connectivity index (χ3n) is 3.44. The zero-order valence-corrected chi connectivity index (χ0v) is 14.8. The van der Waals surface area contributed by atoms with Gasteiger partial charge in [0.1, 0.15) is 11.1 Å². The molecular formula is C18H15N5O2S. The molecule has 2 aromatic heterocycles. The lowest BCUT2D eigenvalue weighted by Gasteiger charge is -2.10. The van der Waals surface area contributed by atoms with Gasteiger partial charge in [-0.2, -0.15) is 5.26 Å². The van der Waals surface area contributed by atoms with Crippen LogP contribution in [0, 0.1) is 11.3 Å². The Morgan fingerprint density at radius 3 is 2.81 bits per heavy atom. The lowest BCUT2D eigenvalue weighted by molar-refractivity contribution is -0.759. The molecule has 7 nitrogen and oxygen atoms in total. The number of hydrogen-bond acceptors (Lipinski definition) is 7. The molecule has 0 bridgehead atoms. The standard InChI is InChI=1S/C18H15N5O2S/c1-2-23-11-17(25-22-23)21-16(24)12-26-18-14(10-19)8-9-15(20-18)13-6-4-3-5-7-13/h3-9,11H,2,12H2,1H3. The van der Waals surface area contributed by atoms with Crippen LogP contribution in [0.5, 0.6) is 0 Å². The first kappa shape index (κ1) is 17.6. The Morgan fingerprint density at radius 2 is 2.12 bits per heavy atom. The van der Waals surface area contributed by atoms with E-state index in [-0.39, 0.29) is 17.5 Å². The summed E-state index contributed by atoms with van der Waals surface area (Å²) in [6.07, 6.45) is 1.55. The average Bonchev–Trinajstić information content (AvgIpc) is 3.14. The lowest BCUT2D eigenvalue weighted by Crippen LogP contribution is -2.32. The van der Waals surface area contributed by atoms with E-state index in [2.05, 4.69) is 21.3 Å². The molecule has 3 aromatic rings. The van der Waals surface area contributed by atoms with Crippen molar-refractivity contribution in [3.63, 3.8) is 0 Å². The molecule has 0 radical (unpaired) electrons. The predicted molar refractivity (Wildman–Crippen MR) is 94.6 cm³/mol. The molecule has 0 N–H and O–H groups in total. The van der Waals surface area contributed by atoms with Gasteiger partial charge in [-0.25, -0.2) is 9.98 Å². The fraction of sp³-hybridized carbons (Fsp3) is 0.167. The fourth-order valence-electron chi connectivity index (χ4n) is 2.16. The zero-order chi connectivity index (χ0) is 18.4. The Hall–Kier alpha value is -3.18. The van der Waals surface area contributed by atoms with Crippen LogP contribution in [0.25, 0.3) is 11.3 Å². The van der Waals surface area contributed by atoms with Gasteiger partial charge in [-0.3, -0.25) is 4.52 Å². The fourth-order valence-corrected chi connectivity index (χ4v) is 2.91. The van der Waals surface area contributed by atoms with Crippen LogP contribution in [-0.2, 0) is 6.54 Å².